The Labute approximate surface area is 231 Å². The lowest BCUT2D eigenvalue weighted by Crippen LogP contribution is -2.48. The third-order valence-corrected chi connectivity index (χ3v) is 7.60. The zero-order valence-corrected chi connectivity index (χ0v) is 22.9. The Kier molecular flexibility index (Phi) is 9.38. The van der Waals surface area contributed by atoms with Crippen LogP contribution in [0.1, 0.15) is 59.7 Å². The van der Waals surface area contributed by atoms with Crippen LogP contribution >= 0.6 is 0 Å². The normalized spacial score (nSPS) is 16.8. The van der Waals surface area contributed by atoms with Crippen LogP contribution in [0.3, 0.4) is 0 Å². The number of rotatable bonds is 10. The van der Waals surface area contributed by atoms with E-state index < -0.39 is 5.60 Å². The number of amides is 2. The van der Waals surface area contributed by atoms with Crippen LogP contribution in [0, 0.1) is 12.8 Å². The summed E-state index contributed by atoms with van der Waals surface area (Å²) in [4.78, 5) is 26.8. The Morgan fingerprint density at radius 1 is 1.05 bits per heavy atom. The summed E-state index contributed by atoms with van der Waals surface area (Å²) in [6, 6.07) is 22.8. The topological polar surface area (TPSA) is 105 Å². The number of benzene rings is 3. The molecule has 1 saturated heterocycles. The molecular formula is C32H39N3O4. The van der Waals surface area contributed by atoms with Crippen LogP contribution in [-0.4, -0.2) is 41.5 Å². The Balaban J connectivity index is 1.63. The van der Waals surface area contributed by atoms with Crippen molar-refractivity contribution in [3.63, 3.8) is 0 Å². The maximum absolute atomic E-state index is 13.4. The molecule has 0 unspecified atom stereocenters. The van der Waals surface area contributed by atoms with Crippen molar-refractivity contribution >= 4 is 11.8 Å². The average Bonchev–Trinajstić information content (AvgIpc) is 2.96. The number of carbonyl (C=O) groups excluding carboxylic acids is 2. The third kappa shape index (κ3) is 6.85. The van der Waals surface area contributed by atoms with Gasteiger partial charge in [-0.1, -0.05) is 48.5 Å². The summed E-state index contributed by atoms with van der Waals surface area (Å²) in [6.07, 6.45) is 2.55. The minimum Gasteiger partial charge on any atom is -0.457 e. The average molecular weight is 530 g/mol. The van der Waals surface area contributed by atoms with Gasteiger partial charge in [-0.05, 0) is 68.0 Å². The van der Waals surface area contributed by atoms with Gasteiger partial charge in [0.05, 0.1) is 5.60 Å². The predicted octanol–water partition coefficient (Wildman–Crippen LogP) is 4.90. The van der Waals surface area contributed by atoms with Crippen LogP contribution in [0.15, 0.2) is 72.8 Å². The number of nitrogens with one attached hydrogen (secondary N) is 1. The quantitative estimate of drug-likeness (QED) is 0.324. The van der Waals surface area contributed by atoms with Gasteiger partial charge in [-0.15, -0.1) is 0 Å². The summed E-state index contributed by atoms with van der Waals surface area (Å²) in [5.41, 5.74) is 7.74. The van der Waals surface area contributed by atoms with Crippen LogP contribution in [-0.2, 0) is 16.9 Å². The van der Waals surface area contributed by atoms with Crippen LogP contribution in [0.2, 0.25) is 0 Å². The molecule has 2 atom stereocenters. The second kappa shape index (κ2) is 12.9. The highest BCUT2D eigenvalue weighted by molar-refractivity contribution is 5.94. The summed E-state index contributed by atoms with van der Waals surface area (Å²) in [5.74, 6) is 0.962. The first-order valence-corrected chi connectivity index (χ1v) is 13.7. The largest absolute Gasteiger partial charge is 0.457 e. The fourth-order valence-corrected chi connectivity index (χ4v) is 5.40. The van der Waals surface area contributed by atoms with Gasteiger partial charge in [-0.3, -0.25) is 9.59 Å². The molecule has 1 aliphatic heterocycles. The van der Waals surface area contributed by atoms with E-state index in [1.165, 1.54) is 6.92 Å². The molecule has 1 fully saturated rings. The number of piperidine rings is 1. The van der Waals surface area contributed by atoms with Crippen molar-refractivity contribution < 1.29 is 19.4 Å². The predicted molar refractivity (Wildman–Crippen MR) is 152 cm³/mol. The highest BCUT2D eigenvalue weighted by atomic mass is 16.5. The molecule has 0 saturated carbocycles. The van der Waals surface area contributed by atoms with Crippen molar-refractivity contribution in [3.05, 3.63) is 95.1 Å². The fraction of sp³-hybridized carbons (Fsp3) is 0.375. The molecule has 3 aromatic carbocycles. The summed E-state index contributed by atoms with van der Waals surface area (Å²) >= 11 is 0. The SMILES string of the molecule is CC(=O)NCCC[C@@](O)(c1ccccc1Oc1ccccc1C)[C@@H]1CCCN(C(=O)c2ccc(CN)cc2)C1. The second-order valence-electron chi connectivity index (χ2n) is 10.4. The van der Waals surface area contributed by atoms with E-state index in [1.54, 1.807) is 0 Å². The zero-order valence-electron chi connectivity index (χ0n) is 22.9. The number of nitrogens with two attached hydrogens (primary N) is 1. The smallest absolute Gasteiger partial charge is 0.253 e. The van der Waals surface area contributed by atoms with Gasteiger partial charge < -0.3 is 25.8 Å². The zero-order chi connectivity index (χ0) is 27.8. The van der Waals surface area contributed by atoms with Crippen molar-refractivity contribution in [2.24, 2.45) is 11.7 Å². The summed E-state index contributed by atoms with van der Waals surface area (Å²) < 4.78 is 6.37. The van der Waals surface area contributed by atoms with Crippen molar-refractivity contribution in [1.29, 1.82) is 0 Å². The molecule has 39 heavy (non-hydrogen) atoms. The van der Waals surface area contributed by atoms with Crippen LogP contribution in [0.25, 0.3) is 0 Å². The number of para-hydroxylation sites is 2. The number of aryl methyl sites for hydroxylation is 1. The molecule has 7 heteroatoms. The molecule has 7 nitrogen and oxygen atoms in total. The number of nitrogens with zero attached hydrogens (tertiary/aromatic N) is 1. The van der Waals surface area contributed by atoms with E-state index in [2.05, 4.69) is 5.32 Å². The fourth-order valence-electron chi connectivity index (χ4n) is 5.40. The molecular weight excluding hydrogens is 490 g/mol. The summed E-state index contributed by atoms with van der Waals surface area (Å²) in [7, 11) is 0. The standard InChI is InChI=1S/C32H39N3O4/c1-23-9-3-5-12-29(23)39-30-13-6-4-11-28(30)32(38,18-8-19-34-24(2)36)27-10-7-20-35(22-27)31(37)26-16-14-25(21-33)15-17-26/h3-6,9,11-17,27,38H,7-8,10,18-22,33H2,1-2H3,(H,34,36)/t27-,32+/m1/s1. The Morgan fingerprint density at radius 2 is 1.74 bits per heavy atom. The maximum atomic E-state index is 13.4. The first-order chi connectivity index (χ1) is 18.8. The monoisotopic (exact) mass is 529 g/mol. The van der Waals surface area contributed by atoms with E-state index in [0.717, 1.165) is 29.7 Å². The Morgan fingerprint density at radius 3 is 2.44 bits per heavy atom. The van der Waals surface area contributed by atoms with E-state index in [0.29, 0.717) is 55.9 Å². The molecule has 1 aliphatic rings. The van der Waals surface area contributed by atoms with Gasteiger partial charge in [0.15, 0.2) is 0 Å². The lowest BCUT2D eigenvalue weighted by molar-refractivity contribution is -0.119. The molecule has 1 heterocycles. The van der Waals surface area contributed by atoms with Gasteiger partial charge in [0.2, 0.25) is 5.91 Å². The Hall–Kier alpha value is -3.68. The number of likely N-dealkylation sites (tertiary alicyclic amines) is 1. The lowest BCUT2D eigenvalue weighted by Gasteiger charge is -2.43. The van der Waals surface area contributed by atoms with Gasteiger partial charge in [0.1, 0.15) is 11.5 Å². The van der Waals surface area contributed by atoms with Gasteiger partial charge in [0, 0.05) is 50.1 Å². The molecule has 0 aliphatic carbocycles. The molecule has 0 aromatic heterocycles. The summed E-state index contributed by atoms with van der Waals surface area (Å²) in [6.45, 7) is 5.42. The van der Waals surface area contributed by atoms with Gasteiger partial charge in [-0.2, -0.15) is 0 Å². The second-order valence-corrected chi connectivity index (χ2v) is 10.4. The summed E-state index contributed by atoms with van der Waals surface area (Å²) in [5, 5.41) is 15.3. The van der Waals surface area contributed by atoms with Crippen molar-refractivity contribution in [2.75, 3.05) is 19.6 Å². The van der Waals surface area contributed by atoms with Crippen molar-refractivity contribution in [2.45, 2.75) is 51.7 Å². The molecule has 206 valence electrons. The minimum atomic E-state index is -1.26. The van der Waals surface area contributed by atoms with Gasteiger partial charge in [-0.25, -0.2) is 0 Å². The molecule has 4 rings (SSSR count). The molecule has 0 spiro atoms. The Bertz CT molecular complexity index is 1280. The number of aliphatic hydroxyl groups is 1. The van der Waals surface area contributed by atoms with Crippen LogP contribution < -0.4 is 15.8 Å². The third-order valence-electron chi connectivity index (χ3n) is 7.60. The number of hydrogen-bond donors (Lipinski definition) is 3. The maximum Gasteiger partial charge on any atom is 0.253 e. The van der Waals surface area contributed by atoms with Gasteiger partial charge >= 0.3 is 0 Å². The highest BCUT2D eigenvalue weighted by Gasteiger charge is 2.43. The van der Waals surface area contributed by atoms with Crippen molar-refractivity contribution in [3.8, 4) is 11.5 Å². The molecule has 2 amide bonds. The lowest BCUT2D eigenvalue weighted by atomic mass is 9.74. The molecule has 3 aromatic rings. The number of hydrogen-bond acceptors (Lipinski definition) is 5. The van der Waals surface area contributed by atoms with E-state index >= 15 is 0 Å². The van der Waals surface area contributed by atoms with E-state index in [1.807, 2.05) is 84.6 Å². The minimum absolute atomic E-state index is 0.0479. The molecule has 0 radical (unpaired) electrons. The first kappa shape index (κ1) is 28.3. The number of ether oxygens (including phenoxy) is 1. The first-order valence-electron chi connectivity index (χ1n) is 13.7. The molecule has 4 N–H and O–H groups in total. The van der Waals surface area contributed by atoms with E-state index in [-0.39, 0.29) is 17.7 Å². The van der Waals surface area contributed by atoms with E-state index in [9.17, 15) is 14.7 Å². The van der Waals surface area contributed by atoms with Crippen molar-refractivity contribution in [1.82, 2.24) is 10.2 Å². The van der Waals surface area contributed by atoms with E-state index in [4.69, 9.17) is 10.5 Å². The highest BCUT2D eigenvalue weighted by Crippen LogP contribution is 2.44. The van der Waals surface area contributed by atoms with Gasteiger partial charge in [0.25, 0.3) is 5.91 Å². The molecule has 0 bridgehead atoms. The number of carbonyl (C=O) groups is 2. The van der Waals surface area contributed by atoms with Crippen LogP contribution in [0.5, 0.6) is 11.5 Å². The van der Waals surface area contributed by atoms with Crippen LogP contribution in [0.4, 0.5) is 0 Å².